The van der Waals surface area contributed by atoms with Gasteiger partial charge >= 0.3 is 0 Å². The Bertz CT molecular complexity index is 995. The Labute approximate surface area is 168 Å². The van der Waals surface area contributed by atoms with Crippen LogP contribution < -0.4 is 9.80 Å². The van der Waals surface area contributed by atoms with Crippen molar-refractivity contribution in [3.63, 3.8) is 0 Å². The number of aromatic nitrogens is 4. The summed E-state index contributed by atoms with van der Waals surface area (Å²) in [6.45, 7) is 5.70. The molecule has 2 fully saturated rings. The van der Waals surface area contributed by atoms with Gasteiger partial charge in [-0.3, -0.25) is 4.57 Å². The number of hydrogen-bond acceptors (Lipinski definition) is 8. The first-order valence-corrected chi connectivity index (χ1v) is 9.95. The molecule has 2 aliphatic rings. The molecule has 5 rings (SSSR count). The highest BCUT2D eigenvalue weighted by Crippen LogP contribution is 2.29. The van der Waals surface area contributed by atoms with Gasteiger partial charge in [-0.1, -0.05) is 18.2 Å². The van der Waals surface area contributed by atoms with Crippen molar-refractivity contribution < 1.29 is 14.6 Å². The van der Waals surface area contributed by atoms with Crippen molar-refractivity contribution in [1.29, 1.82) is 0 Å². The number of ether oxygens (including phenoxy) is 2. The third kappa shape index (κ3) is 3.41. The number of benzene rings is 1. The molecule has 0 spiro atoms. The predicted octanol–water partition coefficient (Wildman–Crippen LogP) is 0.981. The molecule has 9 heteroatoms. The smallest absolute Gasteiger partial charge is 0.229 e. The van der Waals surface area contributed by atoms with Crippen LogP contribution >= 0.6 is 0 Å². The zero-order valence-corrected chi connectivity index (χ0v) is 16.2. The van der Waals surface area contributed by atoms with Crippen molar-refractivity contribution in [3.8, 4) is 5.69 Å². The summed E-state index contributed by atoms with van der Waals surface area (Å²) in [5.41, 5.74) is 3.20. The minimum absolute atomic E-state index is 0.0480. The van der Waals surface area contributed by atoms with Crippen LogP contribution in [0.15, 0.2) is 30.6 Å². The molecular weight excluding hydrogens is 372 g/mol. The second kappa shape index (κ2) is 7.94. The molecule has 2 saturated heterocycles. The third-order valence-electron chi connectivity index (χ3n) is 5.39. The Morgan fingerprint density at radius 3 is 2.31 bits per heavy atom. The number of rotatable bonds is 4. The molecule has 3 aromatic rings. The largest absolute Gasteiger partial charge is 0.392 e. The lowest BCUT2D eigenvalue weighted by atomic mass is 10.2. The molecule has 0 saturated carbocycles. The SMILES string of the molecule is OCc1ccccc1-n1cnc2c(N3CCOCC3)nc(N3CCOCC3)nc21. The molecule has 0 radical (unpaired) electrons. The van der Waals surface area contributed by atoms with Gasteiger partial charge in [0.1, 0.15) is 6.33 Å². The van der Waals surface area contributed by atoms with Gasteiger partial charge in [0.05, 0.1) is 38.7 Å². The van der Waals surface area contributed by atoms with E-state index in [4.69, 9.17) is 19.4 Å². The number of aliphatic hydroxyl groups excluding tert-OH is 1. The first-order valence-electron chi connectivity index (χ1n) is 9.95. The van der Waals surface area contributed by atoms with E-state index in [1.54, 1.807) is 6.33 Å². The highest BCUT2D eigenvalue weighted by molar-refractivity contribution is 5.86. The molecule has 0 bridgehead atoms. The van der Waals surface area contributed by atoms with Crippen molar-refractivity contribution in [3.05, 3.63) is 36.2 Å². The van der Waals surface area contributed by atoms with Gasteiger partial charge in [0.2, 0.25) is 5.95 Å². The first kappa shape index (κ1) is 18.3. The first-order chi connectivity index (χ1) is 14.3. The topological polar surface area (TPSA) is 88.8 Å². The minimum Gasteiger partial charge on any atom is -0.392 e. The maximum atomic E-state index is 9.80. The summed E-state index contributed by atoms with van der Waals surface area (Å²) >= 11 is 0. The summed E-state index contributed by atoms with van der Waals surface area (Å²) in [6.07, 6.45) is 1.76. The van der Waals surface area contributed by atoms with Gasteiger partial charge in [-0.25, -0.2) is 4.98 Å². The number of anilines is 2. The van der Waals surface area contributed by atoms with Crippen LogP contribution in [0.5, 0.6) is 0 Å². The number of morpholine rings is 2. The summed E-state index contributed by atoms with van der Waals surface area (Å²) in [4.78, 5) is 18.8. The molecule has 29 heavy (non-hydrogen) atoms. The fraction of sp³-hybridized carbons (Fsp3) is 0.450. The highest BCUT2D eigenvalue weighted by atomic mass is 16.5. The van der Waals surface area contributed by atoms with Gasteiger partial charge in [0, 0.05) is 31.7 Å². The zero-order chi connectivity index (χ0) is 19.6. The number of imidazole rings is 1. The number of aliphatic hydroxyl groups is 1. The van der Waals surface area contributed by atoms with E-state index in [2.05, 4.69) is 14.8 Å². The van der Waals surface area contributed by atoms with Crippen LogP contribution in [0.3, 0.4) is 0 Å². The molecule has 2 aromatic heterocycles. The van der Waals surface area contributed by atoms with Crippen LogP contribution in [0.2, 0.25) is 0 Å². The van der Waals surface area contributed by atoms with Gasteiger partial charge in [-0.2, -0.15) is 9.97 Å². The molecular formula is C20H24N6O3. The van der Waals surface area contributed by atoms with Crippen LogP contribution in [0.1, 0.15) is 5.56 Å². The molecule has 1 N–H and O–H groups in total. The van der Waals surface area contributed by atoms with E-state index in [0.29, 0.717) is 32.4 Å². The number of fused-ring (bicyclic) bond motifs is 1. The maximum absolute atomic E-state index is 9.80. The molecule has 0 aliphatic carbocycles. The number of hydrogen-bond donors (Lipinski definition) is 1. The van der Waals surface area contributed by atoms with Gasteiger partial charge in [0.25, 0.3) is 0 Å². The average Bonchev–Trinajstić information content (AvgIpc) is 3.23. The molecule has 2 aliphatic heterocycles. The Morgan fingerprint density at radius 2 is 1.59 bits per heavy atom. The van der Waals surface area contributed by atoms with Crippen molar-refractivity contribution in [2.45, 2.75) is 6.61 Å². The summed E-state index contributed by atoms with van der Waals surface area (Å²) in [6, 6.07) is 7.75. The summed E-state index contributed by atoms with van der Waals surface area (Å²) in [5, 5.41) is 9.80. The van der Waals surface area contributed by atoms with Gasteiger partial charge < -0.3 is 24.4 Å². The monoisotopic (exact) mass is 396 g/mol. The van der Waals surface area contributed by atoms with Gasteiger partial charge in [0.15, 0.2) is 17.0 Å². The van der Waals surface area contributed by atoms with Gasteiger partial charge in [-0.15, -0.1) is 0 Å². The van der Waals surface area contributed by atoms with Crippen molar-refractivity contribution in [1.82, 2.24) is 19.5 Å². The second-order valence-corrected chi connectivity index (χ2v) is 7.12. The van der Waals surface area contributed by atoms with Gasteiger partial charge in [-0.05, 0) is 6.07 Å². The maximum Gasteiger partial charge on any atom is 0.229 e. The van der Waals surface area contributed by atoms with Crippen LogP contribution in [0.25, 0.3) is 16.9 Å². The lowest BCUT2D eigenvalue weighted by Crippen LogP contribution is -2.39. The van der Waals surface area contributed by atoms with Crippen molar-refractivity contribution in [2.24, 2.45) is 0 Å². The van der Waals surface area contributed by atoms with E-state index >= 15 is 0 Å². The zero-order valence-electron chi connectivity index (χ0n) is 16.2. The van der Waals surface area contributed by atoms with Crippen LogP contribution in [-0.2, 0) is 16.1 Å². The van der Waals surface area contributed by atoms with Crippen molar-refractivity contribution >= 4 is 22.9 Å². The van der Waals surface area contributed by atoms with E-state index in [-0.39, 0.29) is 6.61 Å². The molecule has 9 nitrogen and oxygen atoms in total. The number of para-hydroxylation sites is 1. The van der Waals surface area contributed by atoms with E-state index in [0.717, 1.165) is 54.4 Å². The predicted molar refractivity (Wildman–Crippen MR) is 109 cm³/mol. The Hall–Kier alpha value is -2.75. The average molecular weight is 396 g/mol. The third-order valence-corrected chi connectivity index (χ3v) is 5.39. The fourth-order valence-electron chi connectivity index (χ4n) is 3.83. The standard InChI is InChI=1S/C20H24N6O3/c27-13-15-3-1-2-4-16(15)26-14-21-17-18(24-5-9-28-10-6-24)22-20(23-19(17)26)25-7-11-29-12-8-25/h1-4,14,27H,5-13H2. The Morgan fingerprint density at radius 1 is 0.897 bits per heavy atom. The molecule has 152 valence electrons. The summed E-state index contributed by atoms with van der Waals surface area (Å²) in [7, 11) is 0. The lowest BCUT2D eigenvalue weighted by Gasteiger charge is -2.30. The lowest BCUT2D eigenvalue weighted by molar-refractivity contribution is 0.121. The fourth-order valence-corrected chi connectivity index (χ4v) is 3.83. The van der Waals surface area contributed by atoms with Crippen LogP contribution in [-0.4, -0.2) is 77.2 Å². The molecule has 1 aromatic carbocycles. The Balaban J connectivity index is 1.68. The van der Waals surface area contributed by atoms with Crippen LogP contribution in [0, 0.1) is 0 Å². The summed E-state index contributed by atoms with van der Waals surface area (Å²) < 4.78 is 13.0. The second-order valence-electron chi connectivity index (χ2n) is 7.12. The van der Waals surface area contributed by atoms with E-state index < -0.39 is 0 Å². The molecule has 0 amide bonds. The quantitative estimate of drug-likeness (QED) is 0.698. The highest BCUT2D eigenvalue weighted by Gasteiger charge is 2.24. The minimum atomic E-state index is -0.0480. The molecule has 4 heterocycles. The summed E-state index contributed by atoms with van der Waals surface area (Å²) in [5.74, 6) is 1.52. The van der Waals surface area contributed by atoms with Crippen molar-refractivity contribution in [2.75, 3.05) is 62.4 Å². The molecule has 0 atom stereocenters. The number of nitrogens with zero attached hydrogens (tertiary/aromatic N) is 6. The Kier molecular flexibility index (Phi) is 5.01. The normalized spacial score (nSPS) is 17.8. The van der Waals surface area contributed by atoms with E-state index in [9.17, 15) is 5.11 Å². The van der Waals surface area contributed by atoms with E-state index in [1.807, 2.05) is 28.8 Å². The molecule has 0 unspecified atom stereocenters. The van der Waals surface area contributed by atoms with E-state index in [1.165, 1.54) is 0 Å². The van der Waals surface area contributed by atoms with Crippen LogP contribution in [0.4, 0.5) is 11.8 Å².